The van der Waals surface area contributed by atoms with Gasteiger partial charge in [0.15, 0.2) is 5.60 Å². The van der Waals surface area contributed by atoms with E-state index in [0.717, 1.165) is 12.3 Å². The highest BCUT2D eigenvalue weighted by Gasteiger charge is 2.29. The number of nitrogens with zero attached hydrogens (tertiary/aromatic N) is 2. The molecule has 32 heavy (non-hydrogen) atoms. The molecule has 0 unspecified atom stereocenters. The number of hydrogen-bond donors (Lipinski definition) is 2. The van der Waals surface area contributed by atoms with Crippen LogP contribution in [0.4, 0.5) is 10.1 Å². The molecule has 0 radical (unpaired) electrons. The van der Waals surface area contributed by atoms with Crippen molar-refractivity contribution in [1.82, 2.24) is 9.97 Å². The monoisotopic (exact) mass is 479 g/mol. The minimum Gasteiger partial charge on any atom is -0.478 e. The van der Waals surface area contributed by atoms with Gasteiger partial charge in [0.1, 0.15) is 22.8 Å². The molecule has 0 bridgehead atoms. The summed E-state index contributed by atoms with van der Waals surface area (Å²) in [4.78, 5) is 18.6. The van der Waals surface area contributed by atoms with E-state index in [2.05, 4.69) is 14.7 Å². The standard InChI is InChI=1S/C21H19ClFN3O5S/c1-12-18(10-24-11-25-12)32(29,30)26-19-16(8-14(22)9-17(19)23)13-4-6-15(7-5-13)31-21(2,3)20(27)28/h4-11,26H,1-3H3,(H,27,28). The number of carboxylic acids is 1. The van der Waals surface area contributed by atoms with Crippen molar-refractivity contribution in [2.75, 3.05) is 4.72 Å². The summed E-state index contributed by atoms with van der Waals surface area (Å²) in [7, 11) is -4.20. The van der Waals surface area contributed by atoms with Crippen LogP contribution in [0.3, 0.4) is 0 Å². The van der Waals surface area contributed by atoms with E-state index in [1.807, 2.05) is 0 Å². The number of aliphatic carboxylic acids is 1. The van der Waals surface area contributed by atoms with E-state index in [-0.39, 0.29) is 32.6 Å². The summed E-state index contributed by atoms with van der Waals surface area (Å²) in [6, 6.07) is 8.46. The lowest BCUT2D eigenvalue weighted by Gasteiger charge is -2.21. The van der Waals surface area contributed by atoms with E-state index >= 15 is 0 Å². The number of aryl methyl sites for hydroxylation is 1. The highest BCUT2D eigenvalue weighted by atomic mass is 35.5. The second-order valence-corrected chi connectivity index (χ2v) is 9.42. The fraction of sp³-hybridized carbons (Fsp3) is 0.190. The first-order valence-corrected chi connectivity index (χ1v) is 11.1. The Hall–Kier alpha value is -3.24. The quantitative estimate of drug-likeness (QED) is 0.519. The van der Waals surface area contributed by atoms with E-state index in [0.29, 0.717) is 5.56 Å². The molecular formula is C21H19ClFN3O5S. The van der Waals surface area contributed by atoms with E-state index in [1.54, 1.807) is 0 Å². The summed E-state index contributed by atoms with van der Waals surface area (Å²) in [6.07, 6.45) is 2.33. The Morgan fingerprint density at radius 2 is 1.88 bits per heavy atom. The molecule has 1 heterocycles. The predicted octanol–water partition coefficient (Wildman–Crippen LogP) is 4.29. The number of aromatic nitrogens is 2. The molecule has 0 atom stereocenters. The van der Waals surface area contributed by atoms with E-state index in [4.69, 9.17) is 16.3 Å². The van der Waals surface area contributed by atoms with Gasteiger partial charge in [-0.3, -0.25) is 4.72 Å². The lowest BCUT2D eigenvalue weighted by molar-refractivity contribution is -0.152. The predicted molar refractivity (Wildman–Crippen MR) is 117 cm³/mol. The molecule has 0 fully saturated rings. The number of carbonyl (C=O) groups is 1. The van der Waals surface area contributed by atoms with Gasteiger partial charge in [-0.1, -0.05) is 23.7 Å². The van der Waals surface area contributed by atoms with Crippen LogP contribution in [0, 0.1) is 12.7 Å². The number of benzene rings is 2. The molecular weight excluding hydrogens is 461 g/mol. The molecule has 0 saturated heterocycles. The highest BCUT2D eigenvalue weighted by molar-refractivity contribution is 7.92. The second kappa shape index (κ2) is 8.71. The first-order chi connectivity index (χ1) is 14.9. The lowest BCUT2D eigenvalue weighted by atomic mass is 10.0. The summed E-state index contributed by atoms with van der Waals surface area (Å²) in [5.74, 6) is -1.75. The average molecular weight is 480 g/mol. The Morgan fingerprint density at radius 3 is 2.47 bits per heavy atom. The van der Waals surface area contributed by atoms with E-state index in [9.17, 15) is 22.7 Å². The SMILES string of the molecule is Cc1ncncc1S(=O)(=O)Nc1c(F)cc(Cl)cc1-c1ccc(OC(C)(C)C(=O)O)cc1. The van der Waals surface area contributed by atoms with Crippen molar-refractivity contribution in [3.8, 4) is 16.9 Å². The number of nitrogens with one attached hydrogen (secondary N) is 1. The zero-order valence-electron chi connectivity index (χ0n) is 17.3. The van der Waals surface area contributed by atoms with Crippen molar-refractivity contribution in [3.63, 3.8) is 0 Å². The van der Waals surface area contributed by atoms with Crippen molar-refractivity contribution >= 4 is 33.3 Å². The van der Waals surface area contributed by atoms with Crippen LogP contribution in [0.25, 0.3) is 11.1 Å². The van der Waals surface area contributed by atoms with Crippen LogP contribution in [0.1, 0.15) is 19.5 Å². The number of anilines is 1. The number of hydrogen-bond acceptors (Lipinski definition) is 6. The lowest BCUT2D eigenvalue weighted by Crippen LogP contribution is -2.37. The van der Waals surface area contributed by atoms with Gasteiger partial charge in [-0.05, 0) is 50.6 Å². The number of halogens is 2. The minimum atomic E-state index is -4.20. The number of carboxylic acid groups (broad SMARTS) is 1. The third-order valence-electron chi connectivity index (χ3n) is 4.50. The molecule has 1 aromatic heterocycles. The summed E-state index contributed by atoms with van der Waals surface area (Å²) in [5, 5.41) is 9.26. The average Bonchev–Trinajstić information content (AvgIpc) is 2.70. The first kappa shape index (κ1) is 23.4. The van der Waals surface area contributed by atoms with Crippen LogP contribution in [-0.4, -0.2) is 35.1 Å². The summed E-state index contributed by atoms with van der Waals surface area (Å²) in [5.41, 5.74) is -0.967. The van der Waals surface area contributed by atoms with Crippen LogP contribution >= 0.6 is 11.6 Å². The maximum Gasteiger partial charge on any atom is 0.347 e. The number of sulfonamides is 1. The van der Waals surface area contributed by atoms with Gasteiger partial charge < -0.3 is 9.84 Å². The summed E-state index contributed by atoms with van der Waals surface area (Å²) < 4.78 is 48.2. The first-order valence-electron chi connectivity index (χ1n) is 9.22. The molecule has 8 nitrogen and oxygen atoms in total. The van der Waals surface area contributed by atoms with Gasteiger partial charge in [0.25, 0.3) is 10.0 Å². The molecule has 0 aliphatic carbocycles. The molecule has 11 heteroatoms. The van der Waals surface area contributed by atoms with Crippen molar-refractivity contribution in [2.24, 2.45) is 0 Å². The molecule has 0 aliphatic heterocycles. The molecule has 0 spiro atoms. The Morgan fingerprint density at radius 1 is 1.22 bits per heavy atom. The van der Waals surface area contributed by atoms with Gasteiger partial charge in [0, 0.05) is 10.6 Å². The minimum absolute atomic E-state index is 0.0620. The summed E-state index contributed by atoms with van der Waals surface area (Å²) in [6.45, 7) is 4.29. The molecule has 0 saturated carbocycles. The fourth-order valence-electron chi connectivity index (χ4n) is 2.78. The van der Waals surface area contributed by atoms with Gasteiger partial charge in [0.2, 0.25) is 0 Å². The fourth-order valence-corrected chi connectivity index (χ4v) is 4.21. The van der Waals surface area contributed by atoms with Crippen LogP contribution in [0.15, 0.2) is 53.8 Å². The van der Waals surface area contributed by atoms with Gasteiger partial charge >= 0.3 is 5.97 Å². The van der Waals surface area contributed by atoms with Crippen LogP contribution in [-0.2, 0) is 14.8 Å². The molecule has 2 aromatic carbocycles. The van der Waals surface area contributed by atoms with Crippen LogP contribution < -0.4 is 9.46 Å². The zero-order chi connectivity index (χ0) is 23.7. The Kier molecular flexibility index (Phi) is 6.38. The number of rotatable bonds is 7. The number of ether oxygens (including phenoxy) is 1. The molecule has 0 amide bonds. The van der Waals surface area contributed by atoms with Crippen LogP contribution in [0.5, 0.6) is 5.75 Å². The van der Waals surface area contributed by atoms with Crippen molar-refractivity contribution < 1.29 is 27.4 Å². The smallest absolute Gasteiger partial charge is 0.347 e. The van der Waals surface area contributed by atoms with Crippen LogP contribution in [0.2, 0.25) is 5.02 Å². The Bertz CT molecular complexity index is 1280. The van der Waals surface area contributed by atoms with E-state index in [1.165, 1.54) is 57.4 Å². The zero-order valence-corrected chi connectivity index (χ0v) is 18.8. The Labute approximate surface area is 189 Å². The van der Waals surface area contributed by atoms with Crippen molar-refractivity contribution in [2.45, 2.75) is 31.3 Å². The molecule has 0 aliphatic rings. The Balaban J connectivity index is 2.02. The maximum atomic E-state index is 14.8. The van der Waals surface area contributed by atoms with Crippen molar-refractivity contribution in [3.05, 3.63) is 65.5 Å². The second-order valence-electron chi connectivity index (χ2n) is 7.33. The largest absolute Gasteiger partial charge is 0.478 e. The molecule has 3 aromatic rings. The third-order valence-corrected chi connectivity index (χ3v) is 6.17. The molecule has 168 valence electrons. The molecule has 2 N–H and O–H groups in total. The van der Waals surface area contributed by atoms with Gasteiger partial charge in [0.05, 0.1) is 17.6 Å². The van der Waals surface area contributed by atoms with Gasteiger partial charge in [-0.25, -0.2) is 27.6 Å². The van der Waals surface area contributed by atoms with Gasteiger partial charge in [-0.15, -0.1) is 0 Å². The third kappa shape index (κ3) is 4.97. The van der Waals surface area contributed by atoms with Crippen molar-refractivity contribution in [1.29, 1.82) is 0 Å². The highest BCUT2D eigenvalue weighted by Crippen LogP contribution is 2.36. The van der Waals surface area contributed by atoms with Gasteiger partial charge in [-0.2, -0.15) is 0 Å². The molecule has 3 rings (SSSR count). The normalized spacial score (nSPS) is 11.8. The van der Waals surface area contributed by atoms with E-state index < -0.39 is 27.4 Å². The maximum absolute atomic E-state index is 14.8. The topological polar surface area (TPSA) is 118 Å². The summed E-state index contributed by atoms with van der Waals surface area (Å²) >= 11 is 6.01.